The van der Waals surface area contributed by atoms with Crippen LogP contribution in [0, 0.1) is 17.8 Å². The number of fused-ring (bicyclic) bond motifs is 1. The molecule has 5 aliphatic rings. The Balaban J connectivity index is 1.45. The first-order valence-electron chi connectivity index (χ1n) is 11.5. The molecule has 7 atom stereocenters. The molecule has 0 amide bonds. The summed E-state index contributed by atoms with van der Waals surface area (Å²) >= 11 is 0. The van der Waals surface area contributed by atoms with E-state index in [-0.39, 0.29) is 46.8 Å². The van der Waals surface area contributed by atoms with Gasteiger partial charge in [0.1, 0.15) is 22.8 Å². The average Bonchev–Trinajstić information content (AvgIpc) is 3.19. The van der Waals surface area contributed by atoms with Crippen LogP contribution >= 0.6 is 0 Å². The number of aliphatic hydroxyl groups excluding tert-OH is 1. The molecule has 0 aromatic heterocycles. The molecule has 0 radical (unpaired) electrons. The van der Waals surface area contributed by atoms with Crippen LogP contribution in [0.25, 0.3) is 0 Å². The number of ether oxygens (including phenoxy) is 4. The van der Waals surface area contributed by atoms with Gasteiger partial charge in [-0.25, -0.2) is 0 Å². The van der Waals surface area contributed by atoms with E-state index in [1.54, 1.807) is 18.2 Å². The molecule has 3 aliphatic carbocycles. The van der Waals surface area contributed by atoms with Gasteiger partial charge in [-0.1, -0.05) is 12.1 Å². The number of benzene rings is 2. The number of aliphatic hydroxyl groups is 2. The van der Waals surface area contributed by atoms with Gasteiger partial charge < -0.3 is 39.4 Å². The van der Waals surface area contributed by atoms with Gasteiger partial charge in [-0.15, -0.1) is 0 Å². The van der Waals surface area contributed by atoms with Crippen LogP contribution in [-0.2, 0) is 9.53 Å². The van der Waals surface area contributed by atoms with Gasteiger partial charge in [0.15, 0.2) is 29.5 Å². The Morgan fingerprint density at radius 3 is 2.56 bits per heavy atom. The quantitative estimate of drug-likeness (QED) is 0.456. The normalized spacial score (nSPS) is 34.2. The average molecular weight is 496 g/mol. The summed E-state index contributed by atoms with van der Waals surface area (Å²) in [7, 11) is 2.82. The molecule has 4 N–H and O–H groups in total. The fourth-order valence-electron chi connectivity index (χ4n) is 6.27. The van der Waals surface area contributed by atoms with E-state index in [1.807, 2.05) is 0 Å². The first kappa shape index (κ1) is 22.8. The van der Waals surface area contributed by atoms with Crippen molar-refractivity contribution in [1.82, 2.24) is 0 Å². The monoisotopic (exact) mass is 496 g/mol. The van der Waals surface area contributed by atoms with Gasteiger partial charge in [0, 0.05) is 29.9 Å². The molecule has 2 aromatic rings. The van der Waals surface area contributed by atoms with Crippen LogP contribution in [0.3, 0.4) is 0 Å². The highest BCUT2D eigenvalue weighted by Crippen LogP contribution is 2.61. The summed E-state index contributed by atoms with van der Waals surface area (Å²) in [6.45, 7) is 0.0660. The lowest BCUT2D eigenvalue weighted by Gasteiger charge is -2.50. The van der Waals surface area contributed by atoms with E-state index in [0.29, 0.717) is 5.57 Å². The van der Waals surface area contributed by atoms with Crippen LogP contribution in [0.15, 0.2) is 42.0 Å². The van der Waals surface area contributed by atoms with Crippen LogP contribution in [0.2, 0.25) is 0 Å². The molecule has 2 aromatic carbocycles. The maximum Gasteiger partial charge on any atom is 0.234 e. The van der Waals surface area contributed by atoms with E-state index >= 15 is 0 Å². The van der Waals surface area contributed by atoms with E-state index in [4.69, 9.17) is 18.9 Å². The lowest BCUT2D eigenvalue weighted by molar-refractivity contribution is -0.206. The zero-order chi connectivity index (χ0) is 25.5. The molecule has 188 valence electrons. The minimum atomic E-state index is -2.11. The molecule has 2 fully saturated rings. The van der Waals surface area contributed by atoms with Gasteiger partial charge in [0.25, 0.3) is 0 Å². The number of hydrogen-bond acceptors (Lipinski definition) is 10. The highest BCUT2D eigenvalue weighted by Gasteiger charge is 2.69. The third-order valence-electron chi connectivity index (χ3n) is 7.84. The maximum absolute atomic E-state index is 13.4. The third-order valence-corrected chi connectivity index (χ3v) is 7.84. The minimum Gasteiger partial charge on any atom is -0.507 e. The zero-order valence-corrected chi connectivity index (χ0v) is 19.4. The van der Waals surface area contributed by atoms with Crippen molar-refractivity contribution in [2.24, 2.45) is 17.8 Å². The van der Waals surface area contributed by atoms with Gasteiger partial charge in [-0.2, -0.15) is 0 Å². The standard InChI is InChI=1S/C26H24O10/c1-33-11-6-16(28)20-18(7-11)36-24(23(30)22(20)29)13-8-12-19(10-3-4-15(27)17(5-10)34-2)14-9-35-26(32,21(13)14)25(12)31/h3-8,12,14,19,21,23-24,27-28,30,32H,9H2,1-2H3/t12-,14-,19-,21+,23-,24+,26-/m0/s1. The van der Waals surface area contributed by atoms with Crippen molar-refractivity contribution in [3.05, 3.63) is 53.1 Å². The Bertz CT molecular complexity index is 1330. The minimum absolute atomic E-state index is 0.0286. The Hall–Kier alpha value is -3.60. The molecule has 0 spiro atoms. The van der Waals surface area contributed by atoms with Crippen molar-refractivity contribution in [3.8, 4) is 28.7 Å². The number of aromatic hydroxyl groups is 2. The van der Waals surface area contributed by atoms with Crippen LogP contribution in [0.5, 0.6) is 28.7 Å². The molecule has 7 rings (SSSR count). The number of rotatable bonds is 4. The summed E-state index contributed by atoms with van der Waals surface area (Å²) in [4.78, 5) is 26.4. The second kappa shape index (κ2) is 7.70. The second-order valence-corrected chi connectivity index (χ2v) is 9.53. The molecule has 2 heterocycles. The largest absolute Gasteiger partial charge is 0.507 e. The second-order valence-electron chi connectivity index (χ2n) is 9.53. The molecular weight excluding hydrogens is 472 g/mol. The van der Waals surface area contributed by atoms with E-state index in [9.17, 15) is 30.0 Å². The number of allylic oxidation sites excluding steroid dienone is 1. The Kier molecular flexibility index (Phi) is 4.88. The number of carbonyl (C=O) groups excluding carboxylic acids is 2. The lowest BCUT2D eigenvalue weighted by Crippen LogP contribution is -2.60. The first-order chi connectivity index (χ1) is 17.2. The summed E-state index contributed by atoms with van der Waals surface area (Å²) in [6, 6.07) is 7.52. The number of ketones is 2. The number of carbonyl (C=O) groups is 2. The van der Waals surface area contributed by atoms with E-state index in [0.717, 1.165) is 5.56 Å². The Morgan fingerprint density at radius 2 is 1.83 bits per heavy atom. The van der Waals surface area contributed by atoms with Gasteiger partial charge in [-0.05, 0) is 23.3 Å². The molecule has 1 saturated heterocycles. The van der Waals surface area contributed by atoms with Crippen molar-refractivity contribution in [2.75, 3.05) is 20.8 Å². The highest BCUT2D eigenvalue weighted by atomic mass is 16.6. The summed E-state index contributed by atoms with van der Waals surface area (Å²) in [5.41, 5.74) is 0.951. The van der Waals surface area contributed by atoms with Gasteiger partial charge in [0.05, 0.1) is 26.7 Å². The summed E-state index contributed by atoms with van der Waals surface area (Å²) in [5, 5.41) is 42.6. The SMILES string of the molecule is COc1cc(O)c2c(c1)O[C@H](C1=C[C@@H]3C(=O)[C@@]4(O)OC[C@@H]([C@H]3c3ccc(O)c(OC)c3)[C@@H]14)[C@@H](O)C2=O. The fraction of sp³-hybridized carbons (Fsp3) is 0.385. The molecule has 10 heteroatoms. The van der Waals surface area contributed by atoms with Crippen molar-refractivity contribution in [2.45, 2.75) is 23.9 Å². The van der Waals surface area contributed by atoms with E-state index in [1.165, 1.54) is 32.4 Å². The number of methoxy groups -OCH3 is 2. The first-order valence-corrected chi connectivity index (χ1v) is 11.5. The third kappa shape index (κ3) is 2.89. The molecule has 36 heavy (non-hydrogen) atoms. The molecule has 0 unspecified atom stereocenters. The zero-order valence-electron chi connectivity index (χ0n) is 19.4. The van der Waals surface area contributed by atoms with Crippen LogP contribution in [0.4, 0.5) is 0 Å². The van der Waals surface area contributed by atoms with Crippen molar-refractivity contribution < 1.29 is 49.0 Å². The van der Waals surface area contributed by atoms with Crippen molar-refractivity contribution >= 4 is 11.6 Å². The molecule has 1 saturated carbocycles. The molecule has 10 nitrogen and oxygen atoms in total. The van der Waals surface area contributed by atoms with Crippen LogP contribution < -0.4 is 14.2 Å². The van der Waals surface area contributed by atoms with E-state index < -0.39 is 47.3 Å². The highest BCUT2D eigenvalue weighted by molar-refractivity contribution is 6.06. The summed E-state index contributed by atoms with van der Waals surface area (Å²) in [6.07, 6.45) is -1.24. The number of hydrogen-bond donors (Lipinski definition) is 4. The van der Waals surface area contributed by atoms with Gasteiger partial charge in [-0.3, -0.25) is 9.59 Å². The number of phenolic OH excluding ortho intramolecular Hbond substituents is 2. The van der Waals surface area contributed by atoms with Gasteiger partial charge >= 0.3 is 0 Å². The Morgan fingerprint density at radius 1 is 1.06 bits per heavy atom. The number of phenols is 2. The van der Waals surface area contributed by atoms with Crippen molar-refractivity contribution in [3.63, 3.8) is 0 Å². The number of Topliss-reactive ketones (excluding diaryl/α,β-unsaturated/α-hetero) is 2. The fourth-order valence-corrected chi connectivity index (χ4v) is 6.27. The maximum atomic E-state index is 13.4. The van der Waals surface area contributed by atoms with Crippen LogP contribution in [0.1, 0.15) is 21.8 Å². The smallest absolute Gasteiger partial charge is 0.234 e. The van der Waals surface area contributed by atoms with Crippen LogP contribution in [-0.4, -0.2) is 70.8 Å². The van der Waals surface area contributed by atoms with Crippen molar-refractivity contribution in [1.29, 1.82) is 0 Å². The van der Waals surface area contributed by atoms with E-state index in [2.05, 4.69) is 0 Å². The topological polar surface area (TPSA) is 152 Å². The molecule has 2 aliphatic heterocycles. The predicted octanol–water partition coefficient (Wildman–Crippen LogP) is 1.29. The lowest BCUT2D eigenvalue weighted by atomic mass is 9.55. The molecular formula is C26H24O10. The van der Waals surface area contributed by atoms with Gasteiger partial charge in [0.2, 0.25) is 11.6 Å². The predicted molar refractivity (Wildman–Crippen MR) is 121 cm³/mol. The Labute approximate surface area is 205 Å². The molecule has 4 bridgehead atoms. The summed E-state index contributed by atoms with van der Waals surface area (Å²) in [5.74, 6) is -5.74. The summed E-state index contributed by atoms with van der Waals surface area (Å²) < 4.78 is 22.1.